The van der Waals surface area contributed by atoms with Gasteiger partial charge in [-0.05, 0) is 26.8 Å². The van der Waals surface area contributed by atoms with Gasteiger partial charge in [-0.15, -0.1) is 0 Å². The molecule has 2 rings (SSSR count). The molecule has 124 valence electrons. The van der Waals surface area contributed by atoms with Crippen LogP contribution in [0.15, 0.2) is 30.5 Å². The Bertz CT molecular complexity index is 665. The molecule has 1 aromatic heterocycles. The molecule has 0 fully saturated rings. The van der Waals surface area contributed by atoms with Crippen LogP contribution in [0.4, 0.5) is 0 Å². The van der Waals surface area contributed by atoms with Gasteiger partial charge in [-0.1, -0.05) is 18.2 Å². The highest BCUT2D eigenvalue weighted by atomic mass is 16.5. The summed E-state index contributed by atoms with van der Waals surface area (Å²) in [6.07, 6.45) is 1.60. The van der Waals surface area contributed by atoms with Crippen LogP contribution in [-0.2, 0) is 6.54 Å². The highest BCUT2D eigenvalue weighted by Gasteiger charge is 2.15. The number of hydrogen-bond donors (Lipinski definition) is 2. The molecular formula is C17H23N3O3. The maximum absolute atomic E-state index is 12.4. The summed E-state index contributed by atoms with van der Waals surface area (Å²) in [6.45, 7) is 6.47. The van der Waals surface area contributed by atoms with Crippen molar-refractivity contribution in [3.63, 3.8) is 0 Å². The molecule has 0 spiro atoms. The van der Waals surface area contributed by atoms with Crippen LogP contribution in [0, 0.1) is 6.92 Å². The number of benzene rings is 1. The lowest BCUT2D eigenvalue weighted by Crippen LogP contribution is -2.24. The number of nitrogens with zero attached hydrogens (tertiary/aromatic N) is 2. The third kappa shape index (κ3) is 4.10. The summed E-state index contributed by atoms with van der Waals surface area (Å²) in [6, 6.07) is 7.66. The first-order valence-corrected chi connectivity index (χ1v) is 7.68. The minimum absolute atomic E-state index is 0.0473. The molecule has 23 heavy (non-hydrogen) atoms. The second kappa shape index (κ2) is 7.78. The number of hydrogen-bond acceptors (Lipinski definition) is 4. The number of para-hydroxylation sites is 1. The summed E-state index contributed by atoms with van der Waals surface area (Å²) < 4.78 is 7.29. The predicted molar refractivity (Wildman–Crippen MR) is 87.5 cm³/mol. The first-order valence-electron chi connectivity index (χ1n) is 7.68. The molecule has 6 heteroatoms. The minimum atomic E-state index is -0.161. The van der Waals surface area contributed by atoms with Gasteiger partial charge in [0, 0.05) is 23.8 Å². The number of rotatable bonds is 7. The van der Waals surface area contributed by atoms with Gasteiger partial charge in [0.05, 0.1) is 18.4 Å². The standard InChI is InChI=1S/C17H23N3O3/c1-12(2)20-13(3)15(11-19-20)17(22)18-10-14-6-4-5-7-16(14)23-9-8-21/h4-7,11-12,21H,8-10H2,1-3H3,(H,18,22). The van der Waals surface area contributed by atoms with E-state index in [2.05, 4.69) is 10.4 Å². The zero-order valence-electron chi connectivity index (χ0n) is 13.7. The van der Waals surface area contributed by atoms with Crippen molar-refractivity contribution in [2.24, 2.45) is 0 Å². The third-order valence-corrected chi connectivity index (χ3v) is 3.54. The summed E-state index contributed by atoms with van der Waals surface area (Å²) in [5, 5.41) is 16.0. The van der Waals surface area contributed by atoms with Gasteiger partial charge in [-0.25, -0.2) is 0 Å². The third-order valence-electron chi connectivity index (χ3n) is 3.54. The minimum Gasteiger partial charge on any atom is -0.491 e. The number of carbonyl (C=O) groups excluding carboxylic acids is 1. The number of aliphatic hydroxyl groups is 1. The molecule has 0 saturated carbocycles. The lowest BCUT2D eigenvalue weighted by Gasteiger charge is -2.12. The van der Waals surface area contributed by atoms with Crippen molar-refractivity contribution in [2.45, 2.75) is 33.4 Å². The Morgan fingerprint density at radius 3 is 2.78 bits per heavy atom. The van der Waals surface area contributed by atoms with Gasteiger partial charge >= 0.3 is 0 Å². The Balaban J connectivity index is 2.05. The van der Waals surface area contributed by atoms with E-state index >= 15 is 0 Å². The van der Waals surface area contributed by atoms with Crippen molar-refractivity contribution >= 4 is 5.91 Å². The van der Waals surface area contributed by atoms with Crippen LogP contribution >= 0.6 is 0 Å². The molecule has 0 aliphatic heterocycles. The molecule has 2 N–H and O–H groups in total. The second-order valence-corrected chi connectivity index (χ2v) is 5.54. The Labute approximate surface area is 136 Å². The smallest absolute Gasteiger partial charge is 0.255 e. The average molecular weight is 317 g/mol. The van der Waals surface area contributed by atoms with Crippen LogP contribution in [0.1, 0.15) is 41.5 Å². The molecule has 0 bridgehead atoms. The van der Waals surface area contributed by atoms with Gasteiger partial charge in [0.1, 0.15) is 12.4 Å². The van der Waals surface area contributed by atoms with Crippen LogP contribution < -0.4 is 10.1 Å². The summed E-state index contributed by atoms with van der Waals surface area (Å²) in [5.41, 5.74) is 2.29. The van der Waals surface area contributed by atoms with Gasteiger partial charge in [-0.3, -0.25) is 9.48 Å². The topological polar surface area (TPSA) is 76.4 Å². The van der Waals surface area contributed by atoms with Crippen molar-refractivity contribution in [3.8, 4) is 5.75 Å². The van der Waals surface area contributed by atoms with Crippen molar-refractivity contribution in [2.75, 3.05) is 13.2 Å². The quantitative estimate of drug-likeness (QED) is 0.819. The number of amides is 1. The molecule has 1 amide bonds. The first-order chi connectivity index (χ1) is 11.0. The van der Waals surface area contributed by atoms with E-state index in [0.29, 0.717) is 17.9 Å². The molecule has 0 radical (unpaired) electrons. The van der Waals surface area contributed by atoms with Crippen LogP contribution in [0.25, 0.3) is 0 Å². The first kappa shape index (κ1) is 17.0. The molecule has 0 atom stereocenters. The van der Waals surface area contributed by atoms with Crippen molar-refractivity contribution in [1.82, 2.24) is 15.1 Å². The fourth-order valence-corrected chi connectivity index (χ4v) is 2.38. The van der Waals surface area contributed by atoms with Gasteiger partial charge in [0.15, 0.2) is 0 Å². The van der Waals surface area contributed by atoms with E-state index in [4.69, 9.17) is 9.84 Å². The van der Waals surface area contributed by atoms with Crippen LogP contribution in [0.3, 0.4) is 0 Å². The van der Waals surface area contributed by atoms with E-state index in [1.807, 2.05) is 49.7 Å². The molecule has 0 aliphatic rings. The van der Waals surface area contributed by atoms with E-state index in [-0.39, 0.29) is 25.2 Å². The maximum atomic E-state index is 12.4. The van der Waals surface area contributed by atoms with Gasteiger partial charge in [-0.2, -0.15) is 5.10 Å². The average Bonchev–Trinajstić information content (AvgIpc) is 2.93. The number of carbonyl (C=O) groups is 1. The van der Waals surface area contributed by atoms with E-state index in [0.717, 1.165) is 11.3 Å². The normalized spacial score (nSPS) is 10.8. The monoisotopic (exact) mass is 317 g/mol. The van der Waals surface area contributed by atoms with Gasteiger partial charge in [0.2, 0.25) is 0 Å². The van der Waals surface area contributed by atoms with Crippen LogP contribution in [0.2, 0.25) is 0 Å². The fraction of sp³-hybridized carbons (Fsp3) is 0.412. The molecule has 0 unspecified atom stereocenters. The molecule has 2 aromatic rings. The van der Waals surface area contributed by atoms with Gasteiger partial charge in [0.25, 0.3) is 5.91 Å². The van der Waals surface area contributed by atoms with E-state index in [1.54, 1.807) is 6.20 Å². The van der Waals surface area contributed by atoms with Crippen LogP contribution in [-0.4, -0.2) is 34.0 Å². The SMILES string of the molecule is Cc1c(C(=O)NCc2ccccc2OCCO)cnn1C(C)C. The summed E-state index contributed by atoms with van der Waals surface area (Å²) in [7, 11) is 0. The Morgan fingerprint density at radius 1 is 1.39 bits per heavy atom. The zero-order chi connectivity index (χ0) is 16.8. The van der Waals surface area contributed by atoms with Gasteiger partial charge < -0.3 is 15.2 Å². The zero-order valence-corrected chi connectivity index (χ0v) is 13.7. The molecular weight excluding hydrogens is 294 g/mol. The summed E-state index contributed by atoms with van der Waals surface area (Å²) >= 11 is 0. The highest BCUT2D eigenvalue weighted by molar-refractivity contribution is 5.95. The van der Waals surface area contributed by atoms with Crippen molar-refractivity contribution in [1.29, 1.82) is 0 Å². The Hall–Kier alpha value is -2.34. The van der Waals surface area contributed by atoms with Crippen molar-refractivity contribution < 1.29 is 14.6 Å². The van der Waals surface area contributed by atoms with Crippen LogP contribution in [0.5, 0.6) is 5.75 Å². The molecule has 1 heterocycles. The predicted octanol–water partition coefficient (Wildman–Crippen LogP) is 2.07. The molecule has 6 nitrogen and oxygen atoms in total. The molecule has 0 aliphatic carbocycles. The highest BCUT2D eigenvalue weighted by Crippen LogP contribution is 2.18. The lowest BCUT2D eigenvalue weighted by molar-refractivity contribution is 0.0949. The van der Waals surface area contributed by atoms with E-state index in [9.17, 15) is 4.79 Å². The molecule has 1 aromatic carbocycles. The maximum Gasteiger partial charge on any atom is 0.255 e. The lowest BCUT2D eigenvalue weighted by atomic mass is 10.2. The number of aliphatic hydroxyl groups excluding tert-OH is 1. The number of ether oxygens (including phenoxy) is 1. The summed E-state index contributed by atoms with van der Waals surface area (Å²) in [5.74, 6) is 0.503. The Morgan fingerprint density at radius 2 is 2.13 bits per heavy atom. The molecule has 0 saturated heterocycles. The van der Waals surface area contributed by atoms with Crippen molar-refractivity contribution in [3.05, 3.63) is 47.3 Å². The largest absolute Gasteiger partial charge is 0.491 e. The number of aromatic nitrogens is 2. The second-order valence-electron chi connectivity index (χ2n) is 5.54. The van der Waals surface area contributed by atoms with E-state index < -0.39 is 0 Å². The summed E-state index contributed by atoms with van der Waals surface area (Å²) in [4.78, 5) is 12.4. The fourth-order valence-electron chi connectivity index (χ4n) is 2.38. The number of nitrogens with one attached hydrogen (secondary N) is 1. The Kier molecular flexibility index (Phi) is 5.76. The van der Waals surface area contributed by atoms with E-state index in [1.165, 1.54) is 0 Å².